The van der Waals surface area contributed by atoms with E-state index in [1.165, 1.54) is 83.3 Å². The lowest BCUT2D eigenvalue weighted by Gasteiger charge is -2.41. The number of hydrogen-bond acceptors (Lipinski definition) is 3. The van der Waals surface area contributed by atoms with Gasteiger partial charge in [0.1, 0.15) is 5.65 Å². The summed E-state index contributed by atoms with van der Waals surface area (Å²) in [6, 6.07) is 47.0. The van der Waals surface area contributed by atoms with Gasteiger partial charge in [-0.1, -0.05) is 108 Å². The molecule has 60 heavy (non-hydrogen) atoms. The van der Waals surface area contributed by atoms with Crippen molar-refractivity contribution in [1.82, 2.24) is 24.1 Å². The summed E-state index contributed by atoms with van der Waals surface area (Å²) < 4.78 is 5.11. The van der Waals surface area contributed by atoms with Crippen LogP contribution in [0.3, 0.4) is 0 Å². The van der Waals surface area contributed by atoms with Crippen LogP contribution in [-0.2, 0) is 6.42 Å². The van der Waals surface area contributed by atoms with Crippen molar-refractivity contribution >= 4 is 50.6 Å². The zero-order valence-electron chi connectivity index (χ0n) is 32.8. The van der Waals surface area contributed by atoms with Crippen molar-refractivity contribution in [2.75, 3.05) is 0 Å². The number of rotatable bonds is 3. The van der Waals surface area contributed by atoms with Crippen molar-refractivity contribution < 1.29 is 0 Å². The Bertz CT molecular complexity index is 3410. The molecule has 2 atom stereocenters. The Morgan fingerprint density at radius 3 is 2.37 bits per heavy atom. The molecule has 0 fully saturated rings. The summed E-state index contributed by atoms with van der Waals surface area (Å²) in [5.41, 5.74) is 24.3. The van der Waals surface area contributed by atoms with Crippen molar-refractivity contribution in [1.29, 1.82) is 0 Å². The second kappa shape index (κ2) is 12.1. The molecule has 280 valence electrons. The maximum Gasteiger partial charge on any atom is 0.247 e. The Balaban J connectivity index is 1.13. The van der Waals surface area contributed by atoms with Crippen LogP contribution in [0, 0.1) is 0 Å². The minimum atomic E-state index is 0.0467. The maximum atomic E-state index is 5.34. The number of nitrogens with zero attached hydrogens (tertiary/aromatic N) is 5. The molecule has 0 amide bonds. The highest BCUT2D eigenvalue weighted by atomic mass is 15.1. The highest BCUT2D eigenvalue weighted by Crippen LogP contribution is 2.52. The molecular weight excluding hydrogens is 729 g/mol. The van der Waals surface area contributed by atoms with E-state index in [4.69, 9.17) is 15.0 Å². The summed E-state index contributed by atoms with van der Waals surface area (Å²) in [4.78, 5) is 15.4. The molecule has 3 aliphatic carbocycles. The van der Waals surface area contributed by atoms with Gasteiger partial charge >= 0.3 is 0 Å². The van der Waals surface area contributed by atoms with E-state index in [1.54, 1.807) is 0 Å². The number of pyridine rings is 3. The number of hydrogen-bond donors (Lipinski definition) is 0. The van der Waals surface area contributed by atoms with Gasteiger partial charge in [-0.25, -0.2) is 4.98 Å². The maximum absolute atomic E-state index is 5.34. The minimum Gasteiger partial charge on any atom is -0.313 e. The van der Waals surface area contributed by atoms with Crippen LogP contribution < -0.4 is 16.4 Å². The summed E-state index contributed by atoms with van der Waals surface area (Å²) in [6.45, 7) is 0.0467. The monoisotopic (exact) mass is 765 g/mol. The summed E-state index contributed by atoms with van der Waals surface area (Å²) in [5, 5.41) is 2.49. The third kappa shape index (κ3) is 4.25. The third-order valence-corrected chi connectivity index (χ3v) is 14.1. The lowest BCUT2D eigenvalue weighted by molar-refractivity contribution is 0.725. The van der Waals surface area contributed by atoms with Gasteiger partial charge in [0.15, 0.2) is 0 Å². The molecule has 0 N–H and O–H groups in total. The fourth-order valence-corrected chi connectivity index (χ4v) is 11.9. The molecule has 7 heterocycles. The molecule has 5 aliphatic rings. The quantitative estimate of drug-likeness (QED) is 0.169. The summed E-state index contributed by atoms with van der Waals surface area (Å²) >= 11 is 0. The molecular formula is C54H36BN5. The van der Waals surface area contributed by atoms with Crippen molar-refractivity contribution in [2.45, 2.75) is 31.1 Å². The van der Waals surface area contributed by atoms with Crippen LogP contribution >= 0.6 is 0 Å². The van der Waals surface area contributed by atoms with E-state index in [0.29, 0.717) is 0 Å². The molecule has 4 aromatic carbocycles. The summed E-state index contributed by atoms with van der Waals surface area (Å²) in [6.07, 6.45) is 17.9. The SMILES string of the molecule is C1=CCC2=C(C=C1)c1c(n3c4c(cccc14)B1c4ccnc5c4C(Cc4c-5c5cccnc5n4-c4ccccc4)c4cc(-c5ccccn5)cc-3c41)C(c1ccccc1)C2. The zero-order valence-corrected chi connectivity index (χ0v) is 32.8. The smallest absolute Gasteiger partial charge is 0.247 e. The van der Waals surface area contributed by atoms with Crippen LogP contribution in [0.5, 0.6) is 0 Å². The number of fused-ring (bicyclic) bond motifs is 12. The Labute approximate surface area is 347 Å². The first-order valence-electron chi connectivity index (χ1n) is 21.2. The number of para-hydroxylation sites is 2. The van der Waals surface area contributed by atoms with Crippen LogP contribution in [-0.4, -0.2) is 30.8 Å². The van der Waals surface area contributed by atoms with E-state index in [9.17, 15) is 0 Å². The first-order valence-corrected chi connectivity index (χ1v) is 21.2. The number of aromatic nitrogens is 5. The van der Waals surface area contributed by atoms with Crippen LogP contribution in [0.15, 0.2) is 176 Å². The fourth-order valence-electron chi connectivity index (χ4n) is 11.9. The van der Waals surface area contributed by atoms with Crippen molar-refractivity contribution in [3.8, 4) is 33.9 Å². The van der Waals surface area contributed by atoms with Gasteiger partial charge in [0, 0.05) is 86.2 Å². The second-order valence-corrected chi connectivity index (χ2v) is 16.9. The first-order chi connectivity index (χ1) is 29.8. The predicted molar refractivity (Wildman–Crippen MR) is 244 cm³/mol. The lowest BCUT2D eigenvalue weighted by atomic mass is 9.31. The van der Waals surface area contributed by atoms with E-state index >= 15 is 0 Å². The molecule has 5 aromatic heterocycles. The highest BCUT2D eigenvalue weighted by Gasteiger charge is 2.48. The summed E-state index contributed by atoms with van der Waals surface area (Å²) in [7, 11) is 0. The third-order valence-electron chi connectivity index (χ3n) is 14.1. The second-order valence-electron chi connectivity index (χ2n) is 16.9. The van der Waals surface area contributed by atoms with Gasteiger partial charge in [-0.2, -0.15) is 0 Å². The van der Waals surface area contributed by atoms with Gasteiger partial charge in [0.05, 0.1) is 11.4 Å². The molecule has 2 aliphatic heterocycles. The van der Waals surface area contributed by atoms with Gasteiger partial charge in [-0.3, -0.25) is 14.5 Å². The first kappa shape index (κ1) is 32.6. The Morgan fingerprint density at radius 2 is 1.48 bits per heavy atom. The van der Waals surface area contributed by atoms with Crippen molar-refractivity contribution in [2.24, 2.45) is 0 Å². The number of benzene rings is 4. The van der Waals surface area contributed by atoms with Gasteiger partial charge in [0.25, 0.3) is 0 Å². The average molecular weight is 766 g/mol. The summed E-state index contributed by atoms with van der Waals surface area (Å²) in [5.74, 6) is 0.280. The zero-order chi connectivity index (χ0) is 39.1. The molecule has 0 bridgehead atoms. The molecule has 9 aromatic rings. The van der Waals surface area contributed by atoms with E-state index in [0.717, 1.165) is 52.9 Å². The van der Waals surface area contributed by atoms with Crippen LogP contribution in [0.25, 0.3) is 61.4 Å². The van der Waals surface area contributed by atoms with Gasteiger partial charge < -0.3 is 4.57 Å². The lowest BCUT2D eigenvalue weighted by Crippen LogP contribution is -2.61. The molecule has 0 spiro atoms. The molecule has 2 unspecified atom stereocenters. The average Bonchev–Trinajstić information content (AvgIpc) is 3.73. The highest BCUT2D eigenvalue weighted by molar-refractivity contribution is 6.99. The molecule has 6 heteroatoms. The van der Waals surface area contributed by atoms with Crippen LogP contribution in [0.2, 0.25) is 0 Å². The van der Waals surface area contributed by atoms with Gasteiger partial charge in [-0.05, 0) is 107 Å². The van der Waals surface area contributed by atoms with Crippen molar-refractivity contribution in [3.63, 3.8) is 0 Å². The van der Waals surface area contributed by atoms with Crippen molar-refractivity contribution in [3.05, 3.63) is 210 Å². The van der Waals surface area contributed by atoms with E-state index in [1.807, 2.05) is 18.5 Å². The Morgan fingerprint density at radius 1 is 0.633 bits per heavy atom. The van der Waals surface area contributed by atoms with E-state index in [2.05, 4.69) is 161 Å². The molecule has 0 saturated carbocycles. The van der Waals surface area contributed by atoms with Gasteiger partial charge in [0.2, 0.25) is 6.71 Å². The standard InChI is InChI=1S/C54H36BN5/c1-4-14-32(15-5-1)39-28-33-16-6-2-9-19-36(33)47-37-20-12-22-43-52(37)60(53(39)47)46-30-34(44-23-10-11-25-56-44)29-41-40-31-45-49(51-48(40)42(24-27-57-51)55(43)50(41)46)38-21-13-26-58-54(38)59(45)35-17-7-3-8-18-35/h1-15,17-27,29-30,39-40H,16,28,31H2. The molecule has 5 nitrogen and oxygen atoms in total. The normalized spacial score (nSPS) is 17.6. The minimum absolute atomic E-state index is 0.0467. The predicted octanol–water partition coefficient (Wildman–Crippen LogP) is 9.73. The number of allylic oxidation sites excluding steroid dienone is 6. The van der Waals surface area contributed by atoms with Crippen LogP contribution in [0.4, 0.5) is 0 Å². The Kier molecular flexibility index (Phi) is 6.59. The van der Waals surface area contributed by atoms with Crippen LogP contribution in [0.1, 0.15) is 58.3 Å². The molecule has 14 rings (SSSR count). The topological polar surface area (TPSA) is 48.5 Å². The fraction of sp³-hybridized carbons (Fsp3) is 0.0926. The van der Waals surface area contributed by atoms with Gasteiger partial charge in [-0.15, -0.1) is 0 Å². The van der Waals surface area contributed by atoms with E-state index in [-0.39, 0.29) is 18.5 Å². The largest absolute Gasteiger partial charge is 0.313 e. The van der Waals surface area contributed by atoms with E-state index < -0.39 is 0 Å². The molecule has 0 saturated heterocycles. The molecule has 0 radical (unpaired) electrons. The Hall–Kier alpha value is -7.31.